The van der Waals surface area contributed by atoms with Crippen molar-refractivity contribution in [2.75, 3.05) is 23.4 Å². The summed E-state index contributed by atoms with van der Waals surface area (Å²) in [6.45, 7) is 1.83. The molecule has 2 aromatic carbocycles. The fraction of sp³-hybridized carbons (Fsp3) is 0.357. The van der Waals surface area contributed by atoms with Gasteiger partial charge in [-0.05, 0) is 73.4 Å². The molecule has 8 nitrogen and oxygen atoms in total. The van der Waals surface area contributed by atoms with Crippen molar-refractivity contribution < 1.29 is 28.7 Å². The summed E-state index contributed by atoms with van der Waals surface area (Å²) in [7, 11) is 0. The van der Waals surface area contributed by atoms with Crippen LogP contribution in [0.3, 0.4) is 0 Å². The molecular weight excluding hydrogens is 460 g/mol. The van der Waals surface area contributed by atoms with Crippen LogP contribution in [0.5, 0.6) is 5.75 Å². The molecule has 3 fully saturated rings. The Kier molecular flexibility index (Phi) is 5.39. The van der Waals surface area contributed by atoms with Crippen molar-refractivity contribution >= 4 is 35.1 Å². The molecule has 36 heavy (non-hydrogen) atoms. The molecule has 1 saturated heterocycles. The zero-order valence-corrected chi connectivity index (χ0v) is 19.8. The first-order valence-corrected chi connectivity index (χ1v) is 12.3. The summed E-state index contributed by atoms with van der Waals surface area (Å²) < 4.78 is 10.6. The van der Waals surface area contributed by atoms with E-state index in [-0.39, 0.29) is 41.0 Å². The maximum atomic E-state index is 13.2. The first-order chi connectivity index (χ1) is 17.5. The number of imide groups is 1. The highest BCUT2D eigenvalue weighted by atomic mass is 16.5. The number of amides is 3. The third-order valence-corrected chi connectivity index (χ3v) is 7.82. The average Bonchev–Trinajstić information content (AvgIpc) is 3.67. The molecule has 4 aliphatic carbocycles. The molecule has 1 N–H and O–H groups in total. The van der Waals surface area contributed by atoms with Crippen LogP contribution >= 0.6 is 0 Å². The Morgan fingerprint density at radius 2 is 1.58 bits per heavy atom. The van der Waals surface area contributed by atoms with E-state index in [4.69, 9.17) is 9.47 Å². The largest absolute Gasteiger partial charge is 0.492 e. The van der Waals surface area contributed by atoms with Crippen LogP contribution < -0.4 is 15.0 Å². The third kappa shape index (κ3) is 3.59. The molecule has 6 atom stereocenters. The van der Waals surface area contributed by atoms with Crippen molar-refractivity contribution in [2.24, 2.45) is 35.5 Å². The second-order valence-corrected chi connectivity index (χ2v) is 9.77. The van der Waals surface area contributed by atoms with Gasteiger partial charge < -0.3 is 14.8 Å². The van der Waals surface area contributed by atoms with Crippen molar-refractivity contribution in [3.63, 3.8) is 0 Å². The van der Waals surface area contributed by atoms with Gasteiger partial charge in [-0.3, -0.25) is 19.3 Å². The SMILES string of the molecule is CCOc1ccccc1NC(=O)COC(=O)c1ccc(N2C(=O)C3C4C=CC(C5CC45)C3C2=O)cc1. The van der Waals surface area contributed by atoms with Crippen LogP contribution in [0.1, 0.15) is 23.7 Å². The highest BCUT2D eigenvalue weighted by Crippen LogP contribution is 2.65. The summed E-state index contributed by atoms with van der Waals surface area (Å²) >= 11 is 0. The van der Waals surface area contributed by atoms with Crippen LogP contribution in [-0.2, 0) is 19.1 Å². The minimum absolute atomic E-state index is 0.144. The van der Waals surface area contributed by atoms with Crippen molar-refractivity contribution in [1.29, 1.82) is 0 Å². The molecular formula is C28H26N2O6. The maximum Gasteiger partial charge on any atom is 0.338 e. The van der Waals surface area contributed by atoms with Crippen LogP contribution in [0, 0.1) is 35.5 Å². The Bertz CT molecular complexity index is 1250. The quantitative estimate of drug-likeness (QED) is 0.366. The highest BCUT2D eigenvalue weighted by molar-refractivity contribution is 6.22. The van der Waals surface area contributed by atoms with E-state index in [2.05, 4.69) is 17.5 Å². The number of nitrogens with one attached hydrogen (secondary N) is 1. The smallest absolute Gasteiger partial charge is 0.338 e. The molecule has 2 saturated carbocycles. The van der Waals surface area contributed by atoms with Gasteiger partial charge >= 0.3 is 5.97 Å². The Morgan fingerprint density at radius 3 is 2.22 bits per heavy atom. The lowest BCUT2D eigenvalue weighted by molar-refractivity contribution is -0.124. The second kappa shape index (κ2) is 8.62. The van der Waals surface area contributed by atoms with Crippen molar-refractivity contribution in [3.8, 4) is 5.75 Å². The van der Waals surface area contributed by atoms with Gasteiger partial charge in [0.15, 0.2) is 6.61 Å². The average molecular weight is 487 g/mol. The number of para-hydroxylation sites is 2. The van der Waals surface area contributed by atoms with Crippen LogP contribution in [0.4, 0.5) is 11.4 Å². The zero-order chi connectivity index (χ0) is 25.0. The number of nitrogens with zero attached hydrogens (tertiary/aromatic N) is 1. The Morgan fingerprint density at radius 1 is 0.944 bits per heavy atom. The van der Waals surface area contributed by atoms with Crippen LogP contribution in [0.25, 0.3) is 0 Å². The first-order valence-electron chi connectivity index (χ1n) is 12.3. The van der Waals surface area contributed by atoms with E-state index in [1.807, 2.05) is 6.92 Å². The van der Waals surface area contributed by atoms with Gasteiger partial charge in [0, 0.05) is 0 Å². The Labute approximate surface area is 208 Å². The number of hydrogen-bond donors (Lipinski definition) is 1. The molecule has 6 unspecified atom stereocenters. The molecule has 184 valence electrons. The molecule has 7 rings (SSSR count). The summed E-state index contributed by atoms with van der Waals surface area (Å²) in [6.07, 6.45) is 5.39. The van der Waals surface area contributed by atoms with Gasteiger partial charge in [-0.15, -0.1) is 0 Å². The molecule has 0 aromatic heterocycles. The minimum atomic E-state index is -0.676. The van der Waals surface area contributed by atoms with E-state index in [0.29, 0.717) is 35.6 Å². The summed E-state index contributed by atoms with van der Waals surface area (Å²) in [6, 6.07) is 13.2. The summed E-state index contributed by atoms with van der Waals surface area (Å²) in [5.74, 6) is -0.0711. The predicted octanol–water partition coefficient (Wildman–Crippen LogP) is 3.44. The van der Waals surface area contributed by atoms with Crippen molar-refractivity contribution in [3.05, 3.63) is 66.2 Å². The molecule has 1 heterocycles. The lowest BCUT2D eigenvalue weighted by atomic mass is 9.63. The fourth-order valence-corrected chi connectivity index (χ4v) is 6.21. The van der Waals surface area contributed by atoms with E-state index >= 15 is 0 Å². The summed E-state index contributed by atoms with van der Waals surface area (Å²) in [5.41, 5.74) is 1.17. The Hall–Kier alpha value is -3.94. The van der Waals surface area contributed by atoms with Crippen molar-refractivity contribution in [2.45, 2.75) is 13.3 Å². The molecule has 0 spiro atoms. The zero-order valence-electron chi connectivity index (χ0n) is 19.8. The number of carbonyl (C=O) groups excluding carboxylic acids is 4. The van der Waals surface area contributed by atoms with E-state index < -0.39 is 18.5 Å². The molecule has 2 bridgehead atoms. The molecule has 2 aromatic rings. The van der Waals surface area contributed by atoms with Gasteiger partial charge in [-0.25, -0.2) is 4.79 Å². The molecule has 0 radical (unpaired) electrons. The van der Waals surface area contributed by atoms with E-state index in [9.17, 15) is 19.2 Å². The standard InChI is InChI=1S/C28H26N2O6/c1-2-35-22-6-4-3-5-21(22)29-23(31)14-36-28(34)15-7-9-16(10-8-15)30-26(32)24-17-11-12-18(20-13-19(17)20)25(24)27(30)33/h3-12,17-20,24-25H,2,13-14H2,1H3,(H,29,31). The monoisotopic (exact) mass is 486 g/mol. The van der Waals surface area contributed by atoms with E-state index in [1.54, 1.807) is 36.4 Å². The lowest BCUT2D eigenvalue weighted by Gasteiger charge is -2.37. The van der Waals surface area contributed by atoms with Gasteiger partial charge in [0.05, 0.1) is 35.4 Å². The normalized spacial score (nSPS) is 29.0. The summed E-state index contributed by atoms with van der Waals surface area (Å²) in [5, 5.41) is 2.67. The number of allylic oxidation sites excluding steroid dienone is 2. The van der Waals surface area contributed by atoms with Gasteiger partial charge in [-0.2, -0.15) is 0 Å². The third-order valence-electron chi connectivity index (χ3n) is 7.82. The minimum Gasteiger partial charge on any atom is -0.492 e. The number of ether oxygens (including phenoxy) is 2. The number of hydrogen-bond acceptors (Lipinski definition) is 6. The second-order valence-electron chi connectivity index (χ2n) is 9.77. The number of benzene rings is 2. The predicted molar refractivity (Wildman–Crippen MR) is 130 cm³/mol. The number of anilines is 2. The maximum absolute atomic E-state index is 13.2. The van der Waals surface area contributed by atoms with Gasteiger partial charge in [0.25, 0.3) is 5.91 Å². The number of rotatable bonds is 7. The molecule has 5 aliphatic rings. The fourth-order valence-electron chi connectivity index (χ4n) is 6.21. The van der Waals surface area contributed by atoms with E-state index in [0.717, 1.165) is 6.42 Å². The van der Waals surface area contributed by atoms with Crippen LogP contribution in [0.15, 0.2) is 60.7 Å². The highest BCUT2D eigenvalue weighted by Gasteiger charge is 2.67. The summed E-state index contributed by atoms with van der Waals surface area (Å²) in [4.78, 5) is 52.5. The van der Waals surface area contributed by atoms with Gasteiger partial charge in [0.2, 0.25) is 11.8 Å². The first kappa shape index (κ1) is 22.5. The van der Waals surface area contributed by atoms with E-state index in [1.165, 1.54) is 17.0 Å². The molecule has 8 heteroatoms. The Balaban J connectivity index is 1.09. The van der Waals surface area contributed by atoms with Gasteiger partial charge in [0.1, 0.15) is 5.75 Å². The van der Waals surface area contributed by atoms with Crippen LogP contribution in [0.2, 0.25) is 0 Å². The van der Waals surface area contributed by atoms with Crippen LogP contribution in [-0.4, -0.2) is 36.9 Å². The number of esters is 1. The molecule has 3 amide bonds. The number of carbonyl (C=O) groups is 4. The topological polar surface area (TPSA) is 102 Å². The lowest BCUT2D eigenvalue weighted by Crippen LogP contribution is -2.40. The van der Waals surface area contributed by atoms with Gasteiger partial charge in [-0.1, -0.05) is 24.3 Å². The molecule has 1 aliphatic heterocycles. The van der Waals surface area contributed by atoms with Crippen molar-refractivity contribution in [1.82, 2.24) is 0 Å².